The molecule has 110 valence electrons. The number of anilines is 1. The summed E-state index contributed by atoms with van der Waals surface area (Å²) < 4.78 is 19.6. The molecule has 0 aromatic heterocycles. The second-order valence-corrected chi connectivity index (χ2v) is 5.61. The number of amides is 1. The van der Waals surface area contributed by atoms with Crippen LogP contribution in [-0.4, -0.2) is 12.0 Å². The molecular weight excluding hydrogens is 337 g/mol. The third-order valence-electron chi connectivity index (χ3n) is 2.85. The Labute approximate surface area is 131 Å². The van der Waals surface area contributed by atoms with Crippen molar-refractivity contribution in [2.45, 2.75) is 20.0 Å². The van der Waals surface area contributed by atoms with Crippen LogP contribution in [0.5, 0.6) is 5.75 Å². The van der Waals surface area contributed by atoms with Gasteiger partial charge in [0.1, 0.15) is 0 Å². The van der Waals surface area contributed by atoms with Crippen molar-refractivity contribution in [2.75, 3.05) is 5.32 Å². The predicted octanol–water partition coefficient (Wildman–Crippen LogP) is 4.30. The van der Waals surface area contributed by atoms with Gasteiger partial charge in [0, 0.05) is 10.2 Å². The van der Waals surface area contributed by atoms with Gasteiger partial charge in [-0.2, -0.15) is 0 Å². The fourth-order valence-corrected chi connectivity index (χ4v) is 2.11. The van der Waals surface area contributed by atoms with E-state index < -0.39 is 11.9 Å². The first kappa shape index (κ1) is 15.5. The second kappa shape index (κ2) is 6.72. The number of rotatable bonds is 4. The second-order valence-electron chi connectivity index (χ2n) is 4.69. The quantitative estimate of drug-likeness (QED) is 0.891. The molecule has 0 heterocycles. The van der Waals surface area contributed by atoms with E-state index in [0.717, 1.165) is 5.56 Å². The SMILES string of the molecule is Cc1cccc(NC(=O)[C@H](C)Oc2ccc(Br)cc2F)c1. The molecule has 0 spiro atoms. The highest BCUT2D eigenvalue weighted by Crippen LogP contribution is 2.22. The van der Waals surface area contributed by atoms with Crippen LogP contribution in [0, 0.1) is 12.7 Å². The molecule has 0 aliphatic carbocycles. The molecule has 0 unspecified atom stereocenters. The number of ether oxygens (including phenoxy) is 1. The van der Waals surface area contributed by atoms with Gasteiger partial charge in [-0.3, -0.25) is 4.79 Å². The van der Waals surface area contributed by atoms with Gasteiger partial charge in [-0.1, -0.05) is 28.1 Å². The van der Waals surface area contributed by atoms with Crippen LogP contribution in [0.1, 0.15) is 12.5 Å². The number of halogens is 2. The number of hydrogen-bond acceptors (Lipinski definition) is 2. The number of carbonyl (C=O) groups excluding carboxylic acids is 1. The van der Waals surface area contributed by atoms with Crippen molar-refractivity contribution in [3.05, 3.63) is 58.3 Å². The minimum Gasteiger partial charge on any atom is -0.478 e. The number of benzene rings is 2. The molecule has 1 N–H and O–H groups in total. The molecule has 0 aliphatic rings. The summed E-state index contributed by atoms with van der Waals surface area (Å²) in [5, 5.41) is 2.74. The van der Waals surface area contributed by atoms with Crippen molar-refractivity contribution >= 4 is 27.5 Å². The lowest BCUT2D eigenvalue weighted by atomic mass is 10.2. The first-order chi connectivity index (χ1) is 9.95. The van der Waals surface area contributed by atoms with Crippen molar-refractivity contribution in [1.82, 2.24) is 0 Å². The van der Waals surface area contributed by atoms with Gasteiger partial charge in [-0.05, 0) is 49.7 Å². The maximum atomic E-state index is 13.7. The van der Waals surface area contributed by atoms with Gasteiger partial charge in [0.25, 0.3) is 5.91 Å². The summed E-state index contributed by atoms with van der Waals surface area (Å²) in [6, 6.07) is 11.9. The van der Waals surface area contributed by atoms with Crippen LogP contribution in [-0.2, 0) is 4.79 Å². The van der Waals surface area contributed by atoms with Crippen molar-refractivity contribution in [3.63, 3.8) is 0 Å². The Morgan fingerprint density at radius 3 is 2.71 bits per heavy atom. The van der Waals surface area contributed by atoms with Crippen LogP contribution in [0.15, 0.2) is 46.9 Å². The van der Waals surface area contributed by atoms with E-state index in [1.54, 1.807) is 19.1 Å². The molecule has 2 rings (SSSR count). The Kier molecular flexibility index (Phi) is 4.96. The lowest BCUT2D eigenvalue weighted by molar-refractivity contribution is -0.122. The van der Waals surface area contributed by atoms with Gasteiger partial charge in [-0.15, -0.1) is 0 Å². The zero-order valence-electron chi connectivity index (χ0n) is 11.7. The summed E-state index contributed by atoms with van der Waals surface area (Å²) in [5.41, 5.74) is 1.73. The molecule has 2 aromatic rings. The highest BCUT2D eigenvalue weighted by molar-refractivity contribution is 9.10. The number of aryl methyl sites for hydroxylation is 1. The first-order valence-corrected chi connectivity index (χ1v) is 7.24. The predicted molar refractivity (Wildman–Crippen MR) is 84.0 cm³/mol. The molecule has 0 fully saturated rings. The van der Waals surface area contributed by atoms with Gasteiger partial charge < -0.3 is 10.1 Å². The Hall–Kier alpha value is -1.88. The lowest BCUT2D eigenvalue weighted by Gasteiger charge is -2.15. The average molecular weight is 352 g/mol. The van der Waals surface area contributed by atoms with Gasteiger partial charge >= 0.3 is 0 Å². The first-order valence-electron chi connectivity index (χ1n) is 6.45. The van der Waals surface area contributed by atoms with Crippen LogP contribution in [0.2, 0.25) is 0 Å². The largest absolute Gasteiger partial charge is 0.478 e. The Morgan fingerprint density at radius 1 is 1.29 bits per heavy atom. The number of nitrogens with one attached hydrogen (secondary N) is 1. The van der Waals surface area contributed by atoms with E-state index in [0.29, 0.717) is 10.2 Å². The topological polar surface area (TPSA) is 38.3 Å². The van der Waals surface area contributed by atoms with E-state index in [1.807, 2.05) is 25.1 Å². The van der Waals surface area contributed by atoms with E-state index in [1.165, 1.54) is 12.1 Å². The van der Waals surface area contributed by atoms with E-state index in [9.17, 15) is 9.18 Å². The van der Waals surface area contributed by atoms with Crippen molar-refractivity contribution < 1.29 is 13.9 Å². The maximum absolute atomic E-state index is 13.7. The minimum absolute atomic E-state index is 0.0464. The molecular formula is C16H15BrFNO2. The average Bonchev–Trinajstić information content (AvgIpc) is 2.41. The standard InChI is InChI=1S/C16H15BrFNO2/c1-10-4-3-5-13(8-10)19-16(20)11(2)21-15-7-6-12(17)9-14(15)18/h3-9,11H,1-2H3,(H,19,20)/t11-/m0/s1. The summed E-state index contributed by atoms with van der Waals surface area (Å²) in [6.07, 6.45) is -0.804. The van der Waals surface area contributed by atoms with Gasteiger partial charge in [0.2, 0.25) is 0 Å². The highest BCUT2D eigenvalue weighted by atomic mass is 79.9. The summed E-state index contributed by atoms with van der Waals surface area (Å²) >= 11 is 3.17. The summed E-state index contributed by atoms with van der Waals surface area (Å²) in [5.74, 6) is -0.799. The molecule has 21 heavy (non-hydrogen) atoms. The monoisotopic (exact) mass is 351 g/mol. The van der Waals surface area contributed by atoms with Crippen molar-refractivity contribution in [3.8, 4) is 5.75 Å². The van der Waals surface area contributed by atoms with Crippen molar-refractivity contribution in [1.29, 1.82) is 0 Å². The molecule has 1 amide bonds. The van der Waals surface area contributed by atoms with E-state index in [4.69, 9.17) is 4.74 Å². The van der Waals surface area contributed by atoms with E-state index in [-0.39, 0.29) is 11.7 Å². The number of hydrogen-bond donors (Lipinski definition) is 1. The zero-order valence-corrected chi connectivity index (χ0v) is 13.3. The van der Waals surface area contributed by atoms with Crippen LogP contribution in [0.4, 0.5) is 10.1 Å². The Bertz CT molecular complexity index is 660. The van der Waals surface area contributed by atoms with Crippen molar-refractivity contribution in [2.24, 2.45) is 0 Å². The van der Waals surface area contributed by atoms with Crippen LogP contribution in [0.25, 0.3) is 0 Å². The molecule has 1 atom stereocenters. The Morgan fingerprint density at radius 2 is 2.05 bits per heavy atom. The normalized spacial score (nSPS) is 11.8. The smallest absolute Gasteiger partial charge is 0.265 e. The molecule has 3 nitrogen and oxygen atoms in total. The van der Waals surface area contributed by atoms with Gasteiger partial charge in [0.15, 0.2) is 17.7 Å². The van der Waals surface area contributed by atoms with Crippen LogP contribution >= 0.6 is 15.9 Å². The van der Waals surface area contributed by atoms with Crippen LogP contribution < -0.4 is 10.1 Å². The lowest BCUT2D eigenvalue weighted by Crippen LogP contribution is -2.30. The van der Waals surface area contributed by atoms with E-state index in [2.05, 4.69) is 21.2 Å². The third kappa shape index (κ3) is 4.29. The van der Waals surface area contributed by atoms with E-state index >= 15 is 0 Å². The Balaban J connectivity index is 2.02. The molecule has 0 saturated carbocycles. The van der Waals surface area contributed by atoms with Gasteiger partial charge in [-0.25, -0.2) is 4.39 Å². The minimum atomic E-state index is -0.804. The highest BCUT2D eigenvalue weighted by Gasteiger charge is 2.17. The summed E-state index contributed by atoms with van der Waals surface area (Å²) in [4.78, 5) is 12.0. The molecule has 0 aliphatic heterocycles. The summed E-state index contributed by atoms with van der Waals surface area (Å²) in [6.45, 7) is 3.51. The fraction of sp³-hybridized carbons (Fsp3) is 0.188. The number of carbonyl (C=O) groups is 1. The maximum Gasteiger partial charge on any atom is 0.265 e. The summed E-state index contributed by atoms with van der Waals surface area (Å²) in [7, 11) is 0. The molecule has 5 heteroatoms. The molecule has 0 saturated heterocycles. The van der Waals surface area contributed by atoms with Crippen LogP contribution in [0.3, 0.4) is 0 Å². The molecule has 0 bridgehead atoms. The third-order valence-corrected chi connectivity index (χ3v) is 3.35. The molecule has 2 aromatic carbocycles. The molecule has 0 radical (unpaired) electrons. The van der Waals surface area contributed by atoms with Gasteiger partial charge in [0.05, 0.1) is 0 Å². The zero-order chi connectivity index (χ0) is 15.4. The fourth-order valence-electron chi connectivity index (χ4n) is 1.78.